The summed E-state index contributed by atoms with van der Waals surface area (Å²) in [6.45, 7) is 3.50. The first kappa shape index (κ1) is 18.6. The van der Waals surface area contributed by atoms with Gasteiger partial charge in [-0.2, -0.15) is 5.10 Å². The van der Waals surface area contributed by atoms with Gasteiger partial charge < -0.3 is 5.32 Å². The van der Waals surface area contributed by atoms with Crippen molar-refractivity contribution < 1.29 is 9.59 Å². The van der Waals surface area contributed by atoms with Crippen molar-refractivity contribution in [1.82, 2.24) is 10.7 Å². The number of hydrazone groups is 1. The molecule has 128 valence electrons. The van der Waals surface area contributed by atoms with Crippen LogP contribution in [0.5, 0.6) is 0 Å². The number of allylic oxidation sites excluding steroid dienone is 1. The van der Waals surface area contributed by atoms with Crippen LogP contribution in [0.1, 0.15) is 29.8 Å². The minimum Gasteiger partial charge on any atom is -0.317 e. The summed E-state index contributed by atoms with van der Waals surface area (Å²) in [6, 6.07) is 16.2. The quantitative estimate of drug-likeness (QED) is 0.457. The van der Waals surface area contributed by atoms with E-state index in [1.165, 1.54) is 6.21 Å². The number of benzene rings is 2. The predicted octanol–water partition coefficient (Wildman–Crippen LogP) is 3.62. The second kappa shape index (κ2) is 8.94. The van der Waals surface area contributed by atoms with E-state index in [9.17, 15) is 9.59 Å². The number of halogens is 1. The zero-order valence-electron chi connectivity index (χ0n) is 13.9. The topological polar surface area (TPSA) is 70.6 Å². The molecule has 0 aliphatic carbocycles. The van der Waals surface area contributed by atoms with E-state index in [1.807, 2.05) is 30.3 Å². The third-order valence-electron chi connectivity index (χ3n) is 3.23. The Morgan fingerprint density at radius 2 is 1.76 bits per heavy atom. The summed E-state index contributed by atoms with van der Waals surface area (Å²) in [6.07, 6.45) is 1.53. The van der Waals surface area contributed by atoms with Gasteiger partial charge >= 0.3 is 0 Å². The highest BCUT2D eigenvalue weighted by Gasteiger charge is 2.15. The van der Waals surface area contributed by atoms with E-state index >= 15 is 0 Å². The lowest BCUT2D eigenvalue weighted by molar-refractivity contribution is -0.117. The van der Waals surface area contributed by atoms with E-state index in [0.717, 1.165) is 10.0 Å². The Morgan fingerprint density at radius 3 is 2.40 bits per heavy atom. The summed E-state index contributed by atoms with van der Waals surface area (Å²) in [5.41, 5.74) is 4.61. The van der Waals surface area contributed by atoms with Gasteiger partial charge in [-0.05, 0) is 49.2 Å². The average molecular weight is 400 g/mol. The van der Waals surface area contributed by atoms with Gasteiger partial charge in [0.25, 0.3) is 11.8 Å². The number of hydrogen-bond acceptors (Lipinski definition) is 3. The molecule has 25 heavy (non-hydrogen) atoms. The Morgan fingerprint density at radius 1 is 1.04 bits per heavy atom. The number of rotatable bonds is 5. The van der Waals surface area contributed by atoms with Crippen molar-refractivity contribution in [2.45, 2.75) is 13.8 Å². The van der Waals surface area contributed by atoms with E-state index in [-0.39, 0.29) is 11.6 Å². The Balaban J connectivity index is 2.04. The molecule has 2 N–H and O–H groups in total. The first-order valence-electron chi connectivity index (χ1n) is 7.60. The highest BCUT2D eigenvalue weighted by atomic mass is 79.9. The van der Waals surface area contributed by atoms with Crippen molar-refractivity contribution in [1.29, 1.82) is 0 Å². The van der Waals surface area contributed by atoms with Gasteiger partial charge in [-0.1, -0.05) is 46.3 Å². The molecule has 0 heterocycles. The summed E-state index contributed by atoms with van der Waals surface area (Å²) < 4.78 is 0.919. The molecule has 0 saturated heterocycles. The molecule has 0 atom stereocenters. The number of hydrogen-bond donors (Lipinski definition) is 2. The summed E-state index contributed by atoms with van der Waals surface area (Å²) in [4.78, 5) is 24.5. The molecule has 2 aromatic rings. The van der Waals surface area contributed by atoms with Crippen LogP contribution in [0.3, 0.4) is 0 Å². The first-order valence-corrected chi connectivity index (χ1v) is 8.39. The molecule has 0 bridgehead atoms. The molecule has 2 rings (SSSR count). The summed E-state index contributed by atoms with van der Waals surface area (Å²) in [5.74, 6) is -0.821. The molecule has 0 radical (unpaired) electrons. The predicted molar refractivity (Wildman–Crippen MR) is 102 cm³/mol. The molecule has 0 aromatic heterocycles. The normalized spacial score (nSPS) is 10.4. The molecule has 0 saturated carbocycles. The van der Waals surface area contributed by atoms with Crippen molar-refractivity contribution in [3.8, 4) is 0 Å². The average Bonchev–Trinajstić information content (AvgIpc) is 2.60. The van der Waals surface area contributed by atoms with Crippen molar-refractivity contribution >= 4 is 34.0 Å². The standard InChI is InChI=1S/C19H18BrN3O2/c1-13(2)17(22-18(24)15-8-4-3-5-9-15)19(25)23-21-12-14-7-6-10-16(20)11-14/h3-12H,1-2H3,(H,22,24)(H,23,25)/b21-12-. The van der Waals surface area contributed by atoms with Crippen molar-refractivity contribution in [3.63, 3.8) is 0 Å². The monoisotopic (exact) mass is 399 g/mol. The fraction of sp³-hybridized carbons (Fsp3) is 0.105. The number of nitrogens with one attached hydrogen (secondary N) is 2. The van der Waals surface area contributed by atoms with E-state index in [4.69, 9.17) is 0 Å². The van der Waals surface area contributed by atoms with Gasteiger partial charge in [0, 0.05) is 10.0 Å². The lowest BCUT2D eigenvalue weighted by Crippen LogP contribution is -2.33. The van der Waals surface area contributed by atoms with E-state index < -0.39 is 5.91 Å². The van der Waals surface area contributed by atoms with Gasteiger partial charge in [0.15, 0.2) is 0 Å². The van der Waals surface area contributed by atoms with Gasteiger partial charge in [-0.25, -0.2) is 5.43 Å². The van der Waals surface area contributed by atoms with E-state index in [0.29, 0.717) is 11.1 Å². The summed E-state index contributed by atoms with van der Waals surface area (Å²) in [7, 11) is 0. The third-order valence-corrected chi connectivity index (χ3v) is 3.72. The molecule has 2 aromatic carbocycles. The molecule has 0 unspecified atom stereocenters. The Labute approximate surface area is 155 Å². The molecular weight excluding hydrogens is 382 g/mol. The van der Waals surface area contributed by atoms with Crippen LogP contribution in [-0.2, 0) is 4.79 Å². The zero-order chi connectivity index (χ0) is 18.2. The van der Waals surface area contributed by atoms with Crippen LogP contribution in [0.4, 0.5) is 0 Å². The highest BCUT2D eigenvalue weighted by Crippen LogP contribution is 2.10. The lowest BCUT2D eigenvalue weighted by Gasteiger charge is -2.10. The van der Waals surface area contributed by atoms with Crippen LogP contribution in [0.15, 0.2) is 75.4 Å². The van der Waals surface area contributed by atoms with Crippen LogP contribution >= 0.6 is 15.9 Å². The van der Waals surface area contributed by atoms with Crippen LogP contribution in [0, 0.1) is 0 Å². The number of nitrogens with zero attached hydrogens (tertiary/aromatic N) is 1. The van der Waals surface area contributed by atoms with Crippen LogP contribution in [0.25, 0.3) is 0 Å². The molecule has 6 heteroatoms. The fourth-order valence-corrected chi connectivity index (χ4v) is 2.41. The van der Waals surface area contributed by atoms with Crippen molar-refractivity contribution in [2.75, 3.05) is 0 Å². The highest BCUT2D eigenvalue weighted by molar-refractivity contribution is 9.10. The van der Waals surface area contributed by atoms with Gasteiger partial charge in [-0.15, -0.1) is 0 Å². The third kappa shape index (κ3) is 5.69. The maximum Gasteiger partial charge on any atom is 0.287 e. The first-order chi connectivity index (χ1) is 12.0. The Bertz CT molecular complexity index is 826. The van der Waals surface area contributed by atoms with E-state index in [1.54, 1.807) is 38.1 Å². The van der Waals surface area contributed by atoms with Crippen LogP contribution < -0.4 is 10.7 Å². The molecule has 5 nitrogen and oxygen atoms in total. The molecule has 2 amide bonds. The van der Waals surface area contributed by atoms with Gasteiger partial charge in [0.1, 0.15) is 5.70 Å². The largest absolute Gasteiger partial charge is 0.317 e. The van der Waals surface area contributed by atoms with Crippen molar-refractivity contribution in [2.24, 2.45) is 5.10 Å². The van der Waals surface area contributed by atoms with E-state index in [2.05, 4.69) is 31.8 Å². The smallest absolute Gasteiger partial charge is 0.287 e. The van der Waals surface area contributed by atoms with Crippen molar-refractivity contribution in [3.05, 3.63) is 81.5 Å². The van der Waals surface area contributed by atoms with Gasteiger partial charge in [0.05, 0.1) is 6.21 Å². The second-order valence-corrected chi connectivity index (χ2v) is 6.36. The minimum atomic E-state index is -0.476. The summed E-state index contributed by atoms with van der Waals surface area (Å²) >= 11 is 3.37. The fourth-order valence-electron chi connectivity index (χ4n) is 1.99. The minimum absolute atomic E-state index is 0.181. The molecule has 0 aliphatic rings. The molecule has 0 fully saturated rings. The maximum atomic E-state index is 12.3. The van der Waals surface area contributed by atoms with Gasteiger partial charge in [0.2, 0.25) is 0 Å². The SMILES string of the molecule is CC(C)=C(NC(=O)c1ccccc1)C(=O)N/N=C\c1cccc(Br)c1. The van der Waals surface area contributed by atoms with Crippen LogP contribution in [0.2, 0.25) is 0 Å². The number of carbonyl (C=O) groups excluding carboxylic acids is 2. The zero-order valence-corrected chi connectivity index (χ0v) is 15.5. The second-order valence-electron chi connectivity index (χ2n) is 5.45. The Hall–Kier alpha value is -2.73. The molecule has 0 aliphatic heterocycles. The lowest BCUT2D eigenvalue weighted by atomic mass is 10.2. The number of carbonyl (C=O) groups is 2. The Kier molecular flexibility index (Phi) is 6.65. The van der Waals surface area contributed by atoms with Gasteiger partial charge in [-0.3, -0.25) is 9.59 Å². The number of amides is 2. The molecule has 0 spiro atoms. The summed E-state index contributed by atoms with van der Waals surface area (Å²) in [5, 5.41) is 6.57. The molecular formula is C19H18BrN3O2. The maximum absolute atomic E-state index is 12.3. The van der Waals surface area contributed by atoms with Crippen LogP contribution in [-0.4, -0.2) is 18.0 Å².